The van der Waals surface area contributed by atoms with Gasteiger partial charge in [-0.25, -0.2) is 14.2 Å². The molecule has 1 aromatic heterocycles. The van der Waals surface area contributed by atoms with Gasteiger partial charge in [0.1, 0.15) is 11.6 Å². The van der Waals surface area contributed by atoms with Crippen LogP contribution in [0, 0.1) is 11.7 Å². The highest BCUT2D eigenvalue weighted by Crippen LogP contribution is 2.25. The van der Waals surface area contributed by atoms with Crippen LogP contribution in [0.25, 0.3) is 0 Å². The zero-order valence-corrected chi connectivity index (χ0v) is 20.3. The summed E-state index contributed by atoms with van der Waals surface area (Å²) in [5.74, 6) is 1.61. The molecule has 2 amide bonds. The van der Waals surface area contributed by atoms with Gasteiger partial charge < -0.3 is 15.1 Å². The number of anilines is 1. The third kappa shape index (κ3) is 6.67. The fourth-order valence-electron chi connectivity index (χ4n) is 4.69. The summed E-state index contributed by atoms with van der Waals surface area (Å²) in [6, 6.07) is 11.2. The number of halogens is 1. The first-order valence-corrected chi connectivity index (χ1v) is 12.4. The van der Waals surface area contributed by atoms with E-state index in [9.17, 15) is 9.18 Å². The minimum atomic E-state index is -0.209. The van der Waals surface area contributed by atoms with Gasteiger partial charge in [0, 0.05) is 51.5 Å². The zero-order valence-electron chi connectivity index (χ0n) is 20.3. The predicted molar refractivity (Wildman–Crippen MR) is 133 cm³/mol. The van der Waals surface area contributed by atoms with E-state index >= 15 is 0 Å². The number of nitrogens with one attached hydrogen (secondary N) is 3. The standard InChI is InChI=1S/C26H37FN6O/c1-19-10-13-33(14-11-19)25-9-8-20(17-28-25)18-29-26(34)32(2)12-4-7-23-16-24(31-30-23)21-5-3-6-22(27)15-21/h3,5-6,8-9,15,17,19,23-24,30-31H,4,7,10-14,16,18H2,1-2H3,(H,29,34). The lowest BCUT2D eigenvalue weighted by Gasteiger charge is -2.31. The Bertz CT molecular complexity index is 931. The van der Waals surface area contributed by atoms with Gasteiger partial charge in [-0.2, -0.15) is 0 Å². The number of benzene rings is 1. The summed E-state index contributed by atoms with van der Waals surface area (Å²) in [5, 5.41) is 2.99. The molecule has 0 aliphatic carbocycles. The minimum Gasteiger partial charge on any atom is -0.357 e. The lowest BCUT2D eigenvalue weighted by Crippen LogP contribution is -2.38. The van der Waals surface area contributed by atoms with Crippen LogP contribution in [0.3, 0.4) is 0 Å². The maximum absolute atomic E-state index is 13.5. The number of rotatable bonds is 8. The fraction of sp³-hybridized carbons (Fsp3) is 0.538. The highest BCUT2D eigenvalue weighted by Gasteiger charge is 2.25. The van der Waals surface area contributed by atoms with E-state index in [2.05, 4.69) is 45.1 Å². The number of aromatic nitrogens is 1. The average Bonchev–Trinajstić information content (AvgIpc) is 3.32. The topological polar surface area (TPSA) is 72.5 Å². The molecule has 4 rings (SSSR count). The summed E-state index contributed by atoms with van der Waals surface area (Å²) >= 11 is 0. The Hall–Kier alpha value is -2.71. The number of amides is 2. The SMILES string of the molecule is CC1CCN(c2ccc(CNC(=O)N(C)CCCC3CC(c4cccc(F)c4)NN3)cn2)CC1. The van der Waals surface area contributed by atoms with Gasteiger partial charge in [-0.15, -0.1) is 0 Å². The van der Waals surface area contributed by atoms with Crippen molar-refractivity contribution in [2.45, 2.75) is 57.7 Å². The van der Waals surface area contributed by atoms with Crippen molar-refractivity contribution in [3.8, 4) is 0 Å². The molecule has 2 atom stereocenters. The molecule has 2 aliphatic heterocycles. The Morgan fingerprint density at radius 3 is 2.79 bits per heavy atom. The molecule has 3 heterocycles. The van der Waals surface area contributed by atoms with E-state index < -0.39 is 0 Å². The molecule has 0 saturated carbocycles. The molecule has 2 aliphatic rings. The second-order valence-electron chi connectivity index (χ2n) is 9.75. The summed E-state index contributed by atoms with van der Waals surface area (Å²) in [6.45, 7) is 5.58. The van der Waals surface area contributed by atoms with Crippen molar-refractivity contribution >= 4 is 11.8 Å². The van der Waals surface area contributed by atoms with E-state index in [-0.39, 0.29) is 17.9 Å². The molecule has 0 spiro atoms. The largest absolute Gasteiger partial charge is 0.357 e. The van der Waals surface area contributed by atoms with Gasteiger partial charge in [0.2, 0.25) is 0 Å². The van der Waals surface area contributed by atoms with E-state index in [1.54, 1.807) is 17.0 Å². The summed E-state index contributed by atoms with van der Waals surface area (Å²) < 4.78 is 13.5. The van der Waals surface area contributed by atoms with Crippen LogP contribution < -0.4 is 21.1 Å². The number of carbonyl (C=O) groups is 1. The summed E-state index contributed by atoms with van der Waals surface area (Å²) in [6.07, 6.45) is 7.03. The lowest BCUT2D eigenvalue weighted by molar-refractivity contribution is 0.207. The van der Waals surface area contributed by atoms with Crippen LogP contribution in [0.15, 0.2) is 42.6 Å². The van der Waals surface area contributed by atoms with Crippen molar-refractivity contribution in [2.24, 2.45) is 5.92 Å². The van der Waals surface area contributed by atoms with Gasteiger partial charge in [0.25, 0.3) is 0 Å². The predicted octanol–water partition coefficient (Wildman–Crippen LogP) is 3.99. The maximum atomic E-state index is 13.5. The van der Waals surface area contributed by atoms with Gasteiger partial charge in [-0.05, 0) is 67.3 Å². The Labute approximate surface area is 202 Å². The Morgan fingerprint density at radius 2 is 2.06 bits per heavy atom. The highest BCUT2D eigenvalue weighted by molar-refractivity contribution is 5.73. The molecule has 184 valence electrons. The lowest BCUT2D eigenvalue weighted by atomic mass is 9.99. The number of pyridine rings is 1. The summed E-state index contributed by atoms with van der Waals surface area (Å²) in [7, 11) is 1.82. The second-order valence-corrected chi connectivity index (χ2v) is 9.75. The first-order chi connectivity index (χ1) is 16.5. The molecule has 3 N–H and O–H groups in total. The van der Waals surface area contributed by atoms with Crippen LogP contribution in [-0.2, 0) is 6.54 Å². The number of nitrogens with zero attached hydrogens (tertiary/aromatic N) is 3. The Morgan fingerprint density at radius 1 is 1.24 bits per heavy atom. The number of urea groups is 1. The third-order valence-corrected chi connectivity index (χ3v) is 6.99. The molecule has 2 unspecified atom stereocenters. The molecule has 2 aromatic rings. The second kappa shape index (κ2) is 11.6. The van der Waals surface area contributed by atoms with Crippen LogP contribution in [0.5, 0.6) is 0 Å². The van der Waals surface area contributed by atoms with Crippen molar-refractivity contribution in [2.75, 3.05) is 31.6 Å². The molecule has 2 saturated heterocycles. The van der Waals surface area contributed by atoms with Crippen LogP contribution in [0.2, 0.25) is 0 Å². The average molecular weight is 469 g/mol. The quantitative estimate of drug-likeness (QED) is 0.547. The number of hydrazine groups is 1. The van der Waals surface area contributed by atoms with E-state index in [4.69, 9.17) is 0 Å². The van der Waals surface area contributed by atoms with Crippen LogP contribution in [-0.4, -0.2) is 48.6 Å². The van der Waals surface area contributed by atoms with Crippen LogP contribution in [0.4, 0.5) is 15.0 Å². The number of piperidine rings is 1. The van der Waals surface area contributed by atoms with E-state index in [0.29, 0.717) is 19.1 Å². The van der Waals surface area contributed by atoms with Gasteiger partial charge in [-0.3, -0.25) is 10.9 Å². The number of carbonyl (C=O) groups excluding carboxylic acids is 1. The maximum Gasteiger partial charge on any atom is 0.317 e. The monoisotopic (exact) mass is 468 g/mol. The van der Waals surface area contributed by atoms with Crippen LogP contribution in [0.1, 0.15) is 56.2 Å². The number of hydrogen-bond donors (Lipinski definition) is 3. The minimum absolute atomic E-state index is 0.0794. The highest BCUT2D eigenvalue weighted by atomic mass is 19.1. The van der Waals surface area contributed by atoms with Crippen LogP contribution >= 0.6 is 0 Å². The molecular formula is C26H37FN6O. The van der Waals surface area contributed by atoms with Gasteiger partial charge in [0.05, 0.1) is 0 Å². The first kappa shape index (κ1) is 24.4. The zero-order chi connectivity index (χ0) is 23.9. The van der Waals surface area contributed by atoms with Crippen molar-refractivity contribution in [1.29, 1.82) is 0 Å². The van der Waals surface area contributed by atoms with Gasteiger partial charge >= 0.3 is 6.03 Å². The van der Waals surface area contributed by atoms with Gasteiger partial charge in [-0.1, -0.05) is 25.1 Å². The number of hydrogen-bond acceptors (Lipinski definition) is 5. The Kier molecular flexibility index (Phi) is 8.34. The molecule has 8 heteroatoms. The fourth-order valence-corrected chi connectivity index (χ4v) is 4.69. The van der Waals surface area contributed by atoms with Crippen molar-refractivity contribution in [3.05, 3.63) is 59.5 Å². The van der Waals surface area contributed by atoms with E-state index in [0.717, 1.165) is 55.2 Å². The molecule has 1 aromatic carbocycles. The van der Waals surface area contributed by atoms with E-state index in [1.807, 2.05) is 19.3 Å². The van der Waals surface area contributed by atoms with Crippen molar-refractivity contribution in [3.63, 3.8) is 0 Å². The normalized spacial score (nSPS) is 21.0. The molecule has 2 fully saturated rings. The Balaban J connectivity index is 1.13. The first-order valence-electron chi connectivity index (χ1n) is 12.4. The molecule has 0 radical (unpaired) electrons. The van der Waals surface area contributed by atoms with Crippen molar-refractivity contribution < 1.29 is 9.18 Å². The summed E-state index contributed by atoms with van der Waals surface area (Å²) in [4.78, 5) is 21.1. The molecular weight excluding hydrogens is 431 g/mol. The molecule has 34 heavy (non-hydrogen) atoms. The smallest absolute Gasteiger partial charge is 0.317 e. The van der Waals surface area contributed by atoms with Crippen molar-refractivity contribution in [1.82, 2.24) is 26.1 Å². The molecule has 7 nitrogen and oxygen atoms in total. The van der Waals surface area contributed by atoms with E-state index in [1.165, 1.54) is 18.9 Å². The molecule has 0 bridgehead atoms. The van der Waals surface area contributed by atoms with Gasteiger partial charge in [0.15, 0.2) is 0 Å². The summed E-state index contributed by atoms with van der Waals surface area (Å²) in [5.41, 5.74) is 8.52. The third-order valence-electron chi connectivity index (χ3n) is 6.99.